The molecular formula is C18H24NO5P. The van der Waals surface area contributed by atoms with Crippen molar-refractivity contribution in [3.8, 4) is 11.8 Å². The van der Waals surface area contributed by atoms with Gasteiger partial charge in [0, 0.05) is 11.1 Å². The lowest BCUT2D eigenvalue weighted by Gasteiger charge is -2.06. The van der Waals surface area contributed by atoms with Crippen LogP contribution in [0, 0.1) is 18.8 Å². The van der Waals surface area contributed by atoms with E-state index in [1.54, 1.807) is 0 Å². The van der Waals surface area contributed by atoms with Crippen LogP contribution in [0.5, 0.6) is 0 Å². The Morgan fingerprint density at radius 2 is 1.60 bits per heavy atom. The van der Waals surface area contributed by atoms with E-state index in [4.69, 9.17) is 25.0 Å². The van der Waals surface area contributed by atoms with Gasteiger partial charge in [0.25, 0.3) is 0 Å². The number of hydrogen-bond donors (Lipinski definition) is 4. The van der Waals surface area contributed by atoms with Crippen molar-refractivity contribution < 1.29 is 24.7 Å². The molecule has 2 aromatic rings. The van der Waals surface area contributed by atoms with Crippen molar-refractivity contribution in [2.24, 2.45) is 5.73 Å². The quantitative estimate of drug-likeness (QED) is 0.483. The van der Waals surface area contributed by atoms with Gasteiger partial charge in [0.05, 0.1) is 0 Å². The fraction of sp³-hybridized carbons (Fsp3) is 0.222. The molecule has 0 bridgehead atoms. The van der Waals surface area contributed by atoms with Crippen LogP contribution in [0.4, 0.5) is 0 Å². The first-order chi connectivity index (χ1) is 11.3. The zero-order valence-corrected chi connectivity index (χ0v) is 14.9. The van der Waals surface area contributed by atoms with Crippen LogP contribution in [0.25, 0.3) is 0 Å². The maximum absolute atomic E-state index is 8.88. The van der Waals surface area contributed by atoms with E-state index in [1.807, 2.05) is 30.3 Å². The topological polar surface area (TPSA) is 135 Å². The summed E-state index contributed by atoms with van der Waals surface area (Å²) < 4.78 is 8.88. The maximum Gasteiger partial charge on any atom is 0.466 e. The summed E-state index contributed by atoms with van der Waals surface area (Å²) in [5, 5.41) is 0. The summed E-state index contributed by atoms with van der Waals surface area (Å²) in [6, 6.07) is 16.4. The molecule has 0 aromatic heterocycles. The second kappa shape index (κ2) is 11.6. The Balaban J connectivity index is 0.000000848. The molecule has 0 amide bonds. The number of nitrogens with two attached hydrogens (primary N) is 1. The van der Waals surface area contributed by atoms with Crippen LogP contribution in [0.3, 0.4) is 0 Å². The van der Waals surface area contributed by atoms with Gasteiger partial charge in [-0.2, -0.15) is 0 Å². The van der Waals surface area contributed by atoms with Crippen LogP contribution in [-0.4, -0.2) is 26.7 Å². The molecule has 25 heavy (non-hydrogen) atoms. The summed E-state index contributed by atoms with van der Waals surface area (Å²) in [7, 11) is -4.64. The third-order valence-electron chi connectivity index (χ3n) is 3.11. The van der Waals surface area contributed by atoms with Crippen molar-refractivity contribution in [2.45, 2.75) is 19.8 Å². The molecule has 2 rings (SSSR count). The van der Waals surface area contributed by atoms with Gasteiger partial charge in [-0.3, -0.25) is 0 Å². The minimum absolute atomic E-state index is 0. The van der Waals surface area contributed by atoms with Crippen molar-refractivity contribution >= 4 is 7.82 Å². The standard InChI is InChI=1S/C18H19N.H3O4P.H2O/c1-15-7-5-10-17(11-6-14-19)18(15)13-12-16-8-3-2-4-9-16;1-5(2,3)4;/h2-5,7-10H,6,11,14,19H2,1H3;(H3,1,2,3,4);1H2. The Hall–Kier alpha value is -1.97. The van der Waals surface area contributed by atoms with Crippen LogP contribution in [0.1, 0.15) is 28.7 Å². The van der Waals surface area contributed by atoms with E-state index in [9.17, 15) is 0 Å². The lowest BCUT2D eigenvalue weighted by molar-refractivity contribution is 0.275. The summed E-state index contributed by atoms with van der Waals surface area (Å²) in [5.41, 5.74) is 10.3. The zero-order valence-electron chi connectivity index (χ0n) is 14.0. The van der Waals surface area contributed by atoms with E-state index >= 15 is 0 Å². The maximum atomic E-state index is 8.88. The van der Waals surface area contributed by atoms with E-state index < -0.39 is 7.82 Å². The van der Waals surface area contributed by atoms with Gasteiger partial charge in [0.1, 0.15) is 0 Å². The SMILES string of the molecule is Cc1cccc(CCCN)c1C#Cc1ccccc1.O.O=P(O)(O)O. The molecule has 0 aliphatic carbocycles. The normalized spacial score (nSPS) is 9.80. The van der Waals surface area contributed by atoms with Crippen LogP contribution in [-0.2, 0) is 11.0 Å². The molecule has 2 aromatic carbocycles. The highest BCUT2D eigenvalue weighted by Gasteiger charge is 2.02. The minimum Gasteiger partial charge on any atom is -0.412 e. The molecule has 0 fully saturated rings. The third-order valence-corrected chi connectivity index (χ3v) is 3.11. The monoisotopic (exact) mass is 365 g/mol. The number of rotatable bonds is 3. The van der Waals surface area contributed by atoms with E-state index in [0.717, 1.165) is 30.5 Å². The van der Waals surface area contributed by atoms with Gasteiger partial charge in [-0.05, 0) is 49.6 Å². The number of hydrogen-bond acceptors (Lipinski definition) is 2. The van der Waals surface area contributed by atoms with Crippen molar-refractivity contribution in [1.82, 2.24) is 0 Å². The predicted molar refractivity (Wildman–Crippen MR) is 98.9 cm³/mol. The fourth-order valence-electron chi connectivity index (χ4n) is 2.06. The Bertz CT molecular complexity index is 739. The lowest BCUT2D eigenvalue weighted by Crippen LogP contribution is -2.02. The smallest absolute Gasteiger partial charge is 0.412 e. The van der Waals surface area contributed by atoms with Crippen molar-refractivity contribution in [2.75, 3.05) is 6.54 Å². The Morgan fingerprint density at radius 1 is 1.00 bits per heavy atom. The largest absolute Gasteiger partial charge is 0.466 e. The van der Waals surface area contributed by atoms with Gasteiger partial charge in [-0.25, -0.2) is 4.57 Å². The number of benzene rings is 2. The third kappa shape index (κ3) is 10.5. The summed E-state index contributed by atoms with van der Waals surface area (Å²) >= 11 is 0. The van der Waals surface area contributed by atoms with Crippen LogP contribution >= 0.6 is 7.82 Å². The van der Waals surface area contributed by atoms with E-state index in [0.29, 0.717) is 0 Å². The molecule has 136 valence electrons. The van der Waals surface area contributed by atoms with Gasteiger partial charge < -0.3 is 25.9 Å². The molecule has 0 atom stereocenters. The van der Waals surface area contributed by atoms with E-state index in [-0.39, 0.29) is 5.48 Å². The molecule has 0 unspecified atom stereocenters. The Labute approximate surface area is 147 Å². The summed E-state index contributed by atoms with van der Waals surface area (Å²) in [5.74, 6) is 6.55. The first-order valence-corrected chi connectivity index (χ1v) is 9.01. The molecule has 0 aliphatic rings. The zero-order chi connectivity index (χ0) is 18.0. The minimum atomic E-state index is -4.64. The molecule has 0 saturated heterocycles. The summed E-state index contributed by atoms with van der Waals surface area (Å²) in [4.78, 5) is 21.6. The molecule has 0 spiro atoms. The Morgan fingerprint density at radius 3 is 2.16 bits per heavy atom. The Kier molecular flexibility index (Phi) is 10.7. The van der Waals surface area contributed by atoms with Crippen molar-refractivity contribution in [3.63, 3.8) is 0 Å². The number of phosphoric acid groups is 1. The fourth-order valence-corrected chi connectivity index (χ4v) is 2.06. The van der Waals surface area contributed by atoms with Gasteiger partial charge in [0.15, 0.2) is 0 Å². The molecule has 0 radical (unpaired) electrons. The summed E-state index contributed by atoms with van der Waals surface area (Å²) in [6.45, 7) is 2.83. The average molecular weight is 365 g/mol. The molecule has 0 saturated carbocycles. The van der Waals surface area contributed by atoms with Gasteiger partial charge in [0.2, 0.25) is 0 Å². The van der Waals surface area contributed by atoms with Crippen LogP contribution in [0.15, 0.2) is 48.5 Å². The van der Waals surface area contributed by atoms with E-state index in [2.05, 4.69) is 37.0 Å². The predicted octanol–water partition coefficient (Wildman–Crippen LogP) is 1.53. The van der Waals surface area contributed by atoms with Crippen LogP contribution in [0.2, 0.25) is 0 Å². The number of aryl methyl sites for hydroxylation is 2. The molecule has 0 heterocycles. The molecule has 6 nitrogen and oxygen atoms in total. The molecule has 0 aliphatic heterocycles. The lowest BCUT2D eigenvalue weighted by atomic mass is 9.98. The van der Waals surface area contributed by atoms with Crippen molar-refractivity contribution in [1.29, 1.82) is 0 Å². The van der Waals surface area contributed by atoms with E-state index in [1.165, 1.54) is 11.1 Å². The van der Waals surface area contributed by atoms with Gasteiger partial charge in [-0.15, -0.1) is 0 Å². The highest BCUT2D eigenvalue weighted by Crippen LogP contribution is 2.25. The molecule has 7 N–H and O–H groups in total. The second-order valence-electron chi connectivity index (χ2n) is 5.13. The van der Waals surface area contributed by atoms with Gasteiger partial charge in [-0.1, -0.05) is 48.2 Å². The average Bonchev–Trinajstić information content (AvgIpc) is 2.51. The first-order valence-electron chi connectivity index (χ1n) is 7.45. The molecule has 7 heteroatoms. The van der Waals surface area contributed by atoms with Gasteiger partial charge >= 0.3 is 7.82 Å². The second-order valence-corrected chi connectivity index (χ2v) is 6.16. The highest BCUT2D eigenvalue weighted by atomic mass is 31.2. The highest BCUT2D eigenvalue weighted by molar-refractivity contribution is 7.45. The van der Waals surface area contributed by atoms with Crippen LogP contribution < -0.4 is 5.73 Å². The van der Waals surface area contributed by atoms with Crippen molar-refractivity contribution in [3.05, 3.63) is 70.8 Å². The molecular weight excluding hydrogens is 341 g/mol. The summed E-state index contributed by atoms with van der Waals surface area (Å²) in [6.07, 6.45) is 2.00. The first kappa shape index (κ1) is 23.0.